The Labute approximate surface area is 118 Å². The Kier molecular flexibility index (Phi) is 7.66. The van der Waals surface area contributed by atoms with Crippen molar-refractivity contribution >= 4 is 22.2 Å². The molecule has 19 heavy (non-hydrogen) atoms. The van der Waals surface area contributed by atoms with Gasteiger partial charge in [0.25, 0.3) is 0 Å². The van der Waals surface area contributed by atoms with E-state index in [0.717, 1.165) is 0 Å². The zero-order valence-electron chi connectivity index (χ0n) is 10.5. The molecule has 1 rings (SSSR count). The first-order valence-corrected chi connectivity index (χ1v) is 7.15. The Hall–Kier alpha value is -1.11. The van der Waals surface area contributed by atoms with Crippen LogP contribution in [0.5, 0.6) is 5.75 Å². The van der Waals surface area contributed by atoms with E-state index in [1.807, 2.05) is 0 Å². The fourth-order valence-corrected chi connectivity index (χ4v) is 2.13. The number of hydrogen-bond acceptors (Lipinski definition) is 4. The maximum Gasteiger partial charge on any atom is 0.178 e. The molecule has 2 N–H and O–H groups in total. The molecule has 7 heteroatoms. The Balaban J connectivity index is 0.00000324. The molecule has 0 radical (unpaired) electrons. The van der Waals surface area contributed by atoms with E-state index in [2.05, 4.69) is 0 Å². The van der Waals surface area contributed by atoms with Crippen LogP contribution in [0.4, 0.5) is 4.39 Å². The zero-order chi connectivity index (χ0) is 13.6. The van der Waals surface area contributed by atoms with E-state index in [9.17, 15) is 12.8 Å². The summed E-state index contributed by atoms with van der Waals surface area (Å²) in [5, 5.41) is 0. The summed E-state index contributed by atoms with van der Waals surface area (Å²) < 4.78 is 41.2. The van der Waals surface area contributed by atoms with Gasteiger partial charge in [-0.3, -0.25) is 0 Å². The van der Waals surface area contributed by atoms with E-state index < -0.39 is 15.7 Å². The molecule has 0 aliphatic carbocycles. The Morgan fingerprint density at radius 3 is 2.42 bits per heavy atom. The second-order valence-corrected chi connectivity index (χ2v) is 5.83. The van der Waals surface area contributed by atoms with Crippen LogP contribution in [0.2, 0.25) is 0 Å². The first-order chi connectivity index (χ1) is 8.49. The van der Waals surface area contributed by atoms with Crippen LogP contribution in [0.1, 0.15) is 6.92 Å². The lowest BCUT2D eigenvalue weighted by Crippen LogP contribution is -2.04. The van der Waals surface area contributed by atoms with Crippen LogP contribution in [-0.2, 0) is 9.84 Å². The molecule has 0 heterocycles. The molecule has 1 aromatic rings. The number of halogens is 2. The smallest absolute Gasteiger partial charge is 0.178 e. The van der Waals surface area contributed by atoms with Gasteiger partial charge in [-0.2, -0.15) is 0 Å². The van der Waals surface area contributed by atoms with Crippen LogP contribution in [0.3, 0.4) is 0 Å². The van der Waals surface area contributed by atoms with Crippen LogP contribution in [-0.4, -0.2) is 27.3 Å². The summed E-state index contributed by atoms with van der Waals surface area (Å²) in [7, 11) is -3.21. The lowest BCUT2D eigenvalue weighted by molar-refractivity contribution is 0.318. The van der Waals surface area contributed by atoms with Crippen LogP contribution in [0.25, 0.3) is 0 Å². The number of hydrogen-bond donors (Lipinski definition) is 1. The van der Waals surface area contributed by atoms with Crippen molar-refractivity contribution in [3.05, 3.63) is 36.2 Å². The molecular formula is C12H17ClFNO3S. The Morgan fingerprint density at radius 2 is 1.95 bits per heavy atom. The standard InChI is InChI=1S/C12H16FNO3S.ClH/c1-2-18(15,16)12-5-3-11(4-6-12)17-9-10(13)7-8-14;/h3-7H,2,8-9,14H2,1H3;1H/b10-7+;. The van der Waals surface area contributed by atoms with Crippen LogP contribution in [0, 0.1) is 0 Å². The predicted octanol–water partition coefficient (Wildman–Crippen LogP) is 2.09. The van der Waals surface area contributed by atoms with Crippen molar-refractivity contribution in [1.29, 1.82) is 0 Å². The van der Waals surface area contributed by atoms with Gasteiger partial charge in [-0.1, -0.05) is 6.92 Å². The number of rotatable bonds is 6. The molecule has 0 unspecified atom stereocenters. The van der Waals surface area contributed by atoms with E-state index in [4.69, 9.17) is 10.5 Å². The van der Waals surface area contributed by atoms with Crippen molar-refractivity contribution < 1.29 is 17.5 Å². The molecule has 0 amide bonds. The van der Waals surface area contributed by atoms with Crippen molar-refractivity contribution in [2.45, 2.75) is 11.8 Å². The molecule has 0 fully saturated rings. The molecule has 0 aromatic heterocycles. The normalized spacial score (nSPS) is 11.8. The minimum absolute atomic E-state index is 0. The molecule has 0 atom stereocenters. The first kappa shape index (κ1) is 17.9. The van der Waals surface area contributed by atoms with Crippen LogP contribution in [0.15, 0.2) is 41.1 Å². The third-order valence-corrected chi connectivity index (χ3v) is 4.03. The molecule has 0 saturated heterocycles. The maximum atomic E-state index is 13.0. The minimum Gasteiger partial charge on any atom is -0.487 e. The third kappa shape index (κ3) is 5.59. The third-order valence-electron chi connectivity index (χ3n) is 2.28. The van der Waals surface area contributed by atoms with Gasteiger partial charge in [0.05, 0.1) is 10.6 Å². The molecule has 108 valence electrons. The van der Waals surface area contributed by atoms with Crippen molar-refractivity contribution in [2.24, 2.45) is 5.73 Å². The second kappa shape index (κ2) is 8.14. The lowest BCUT2D eigenvalue weighted by Gasteiger charge is -2.06. The van der Waals surface area contributed by atoms with E-state index >= 15 is 0 Å². The highest BCUT2D eigenvalue weighted by molar-refractivity contribution is 7.91. The Morgan fingerprint density at radius 1 is 1.37 bits per heavy atom. The average molecular weight is 310 g/mol. The highest BCUT2D eigenvalue weighted by Crippen LogP contribution is 2.17. The van der Waals surface area contributed by atoms with Crippen molar-refractivity contribution in [3.63, 3.8) is 0 Å². The molecular weight excluding hydrogens is 293 g/mol. The zero-order valence-corrected chi connectivity index (χ0v) is 12.1. The summed E-state index contributed by atoms with van der Waals surface area (Å²) >= 11 is 0. The summed E-state index contributed by atoms with van der Waals surface area (Å²) in [6.45, 7) is 1.48. The molecule has 1 aromatic carbocycles. The van der Waals surface area contributed by atoms with E-state index in [0.29, 0.717) is 5.75 Å². The van der Waals surface area contributed by atoms with Crippen LogP contribution < -0.4 is 10.5 Å². The monoisotopic (exact) mass is 309 g/mol. The van der Waals surface area contributed by atoms with Gasteiger partial charge in [0.2, 0.25) is 0 Å². The van der Waals surface area contributed by atoms with Gasteiger partial charge in [-0.05, 0) is 30.3 Å². The van der Waals surface area contributed by atoms with Gasteiger partial charge in [-0.25, -0.2) is 12.8 Å². The summed E-state index contributed by atoms with van der Waals surface area (Å²) in [5.74, 6) is -0.00507. The van der Waals surface area contributed by atoms with E-state index in [-0.39, 0.29) is 36.2 Å². The number of sulfone groups is 1. The summed E-state index contributed by atoms with van der Waals surface area (Å²) in [4.78, 5) is 0.232. The first-order valence-electron chi connectivity index (χ1n) is 5.50. The average Bonchev–Trinajstić information content (AvgIpc) is 2.37. The fourth-order valence-electron chi connectivity index (χ4n) is 1.25. The fraction of sp³-hybridized carbons (Fsp3) is 0.333. The topological polar surface area (TPSA) is 69.4 Å². The molecule has 0 bridgehead atoms. The highest BCUT2D eigenvalue weighted by Gasteiger charge is 2.10. The number of benzene rings is 1. The SMILES string of the molecule is CCS(=O)(=O)c1ccc(OC/C(F)=C\CN)cc1.Cl. The summed E-state index contributed by atoms with van der Waals surface area (Å²) in [6.07, 6.45) is 1.22. The number of ether oxygens (including phenoxy) is 1. The minimum atomic E-state index is -3.21. The molecule has 0 aliphatic heterocycles. The predicted molar refractivity (Wildman–Crippen MR) is 75.2 cm³/mol. The lowest BCUT2D eigenvalue weighted by atomic mass is 10.3. The number of nitrogens with two attached hydrogens (primary N) is 1. The summed E-state index contributed by atoms with van der Waals surface area (Å²) in [5.41, 5.74) is 5.14. The second-order valence-electron chi connectivity index (χ2n) is 3.55. The quantitative estimate of drug-likeness (QED) is 0.873. The van der Waals surface area contributed by atoms with Gasteiger partial charge in [0, 0.05) is 6.54 Å². The van der Waals surface area contributed by atoms with E-state index in [1.54, 1.807) is 6.92 Å². The molecule has 0 aliphatic rings. The van der Waals surface area contributed by atoms with Gasteiger partial charge >= 0.3 is 0 Å². The molecule has 0 spiro atoms. The van der Waals surface area contributed by atoms with Gasteiger partial charge in [-0.15, -0.1) is 12.4 Å². The van der Waals surface area contributed by atoms with Gasteiger partial charge < -0.3 is 10.5 Å². The molecule has 0 saturated carbocycles. The maximum absolute atomic E-state index is 13.0. The molecule has 4 nitrogen and oxygen atoms in total. The Bertz CT molecular complexity index is 514. The summed E-state index contributed by atoms with van der Waals surface area (Å²) in [6, 6.07) is 5.88. The van der Waals surface area contributed by atoms with Crippen molar-refractivity contribution in [3.8, 4) is 5.75 Å². The van der Waals surface area contributed by atoms with Gasteiger partial charge in [0.15, 0.2) is 9.84 Å². The van der Waals surface area contributed by atoms with E-state index in [1.165, 1.54) is 30.3 Å². The van der Waals surface area contributed by atoms with Gasteiger partial charge in [0.1, 0.15) is 18.2 Å². The van der Waals surface area contributed by atoms with Crippen molar-refractivity contribution in [2.75, 3.05) is 18.9 Å². The van der Waals surface area contributed by atoms with Crippen LogP contribution >= 0.6 is 12.4 Å². The highest BCUT2D eigenvalue weighted by atomic mass is 35.5. The van der Waals surface area contributed by atoms with Crippen molar-refractivity contribution in [1.82, 2.24) is 0 Å². The largest absolute Gasteiger partial charge is 0.487 e.